The van der Waals surface area contributed by atoms with Gasteiger partial charge in [0.1, 0.15) is 5.75 Å². The van der Waals surface area contributed by atoms with Crippen LogP contribution in [0.5, 0.6) is 5.75 Å². The van der Waals surface area contributed by atoms with Crippen molar-refractivity contribution in [1.29, 1.82) is 0 Å². The fourth-order valence-electron chi connectivity index (χ4n) is 3.08. The number of nitrogens with zero attached hydrogens (tertiary/aromatic N) is 3. The maximum atomic E-state index is 12.5. The number of hydrogen-bond donors (Lipinski definition) is 0. The van der Waals surface area contributed by atoms with E-state index in [0.717, 1.165) is 22.0 Å². The lowest BCUT2D eigenvalue weighted by atomic mass is 10.1. The van der Waals surface area contributed by atoms with Gasteiger partial charge in [-0.1, -0.05) is 23.4 Å². The van der Waals surface area contributed by atoms with E-state index in [2.05, 4.69) is 10.1 Å². The number of fused-ring (bicyclic) bond motifs is 1. The lowest BCUT2D eigenvalue weighted by molar-refractivity contribution is -0.131. The number of pyridine rings is 1. The normalized spacial score (nSPS) is 10.9. The summed E-state index contributed by atoms with van der Waals surface area (Å²) in [4.78, 5) is 27.9. The minimum absolute atomic E-state index is 0.117. The molecular formula is C21H17N3O4. The molecule has 0 saturated carbocycles. The third kappa shape index (κ3) is 3.55. The standard InChI is InChI=1S/C21H17N3O4/c1-13-22-21(23-28-13)17-5-3-4-15(10-17)12-24-19-8-7-18(27-14(2)25)11-16(19)6-9-20(24)26/h3-11H,12H2,1-2H3. The largest absolute Gasteiger partial charge is 0.427 e. The van der Waals surface area contributed by atoms with Crippen LogP contribution in [0.25, 0.3) is 22.3 Å². The molecule has 140 valence electrons. The molecule has 28 heavy (non-hydrogen) atoms. The van der Waals surface area contributed by atoms with Crippen LogP contribution < -0.4 is 10.3 Å². The smallest absolute Gasteiger partial charge is 0.308 e. The second-order valence-corrected chi connectivity index (χ2v) is 6.41. The number of carbonyl (C=O) groups excluding carboxylic acids is 1. The van der Waals surface area contributed by atoms with Crippen molar-refractivity contribution in [1.82, 2.24) is 14.7 Å². The average molecular weight is 375 g/mol. The van der Waals surface area contributed by atoms with Crippen LogP contribution in [0.4, 0.5) is 0 Å². The third-order valence-corrected chi connectivity index (χ3v) is 4.28. The lowest BCUT2D eigenvalue weighted by Crippen LogP contribution is -2.20. The summed E-state index contributed by atoms with van der Waals surface area (Å²) in [5, 5.41) is 4.75. The summed E-state index contributed by atoms with van der Waals surface area (Å²) >= 11 is 0. The highest BCUT2D eigenvalue weighted by Crippen LogP contribution is 2.22. The van der Waals surface area contributed by atoms with E-state index in [4.69, 9.17) is 9.26 Å². The molecule has 0 saturated heterocycles. The number of esters is 1. The van der Waals surface area contributed by atoms with E-state index in [1.54, 1.807) is 35.8 Å². The molecule has 0 atom stereocenters. The monoisotopic (exact) mass is 375 g/mol. The van der Waals surface area contributed by atoms with Gasteiger partial charge in [-0.3, -0.25) is 9.59 Å². The van der Waals surface area contributed by atoms with Gasteiger partial charge in [0.2, 0.25) is 11.7 Å². The fourth-order valence-corrected chi connectivity index (χ4v) is 3.08. The van der Waals surface area contributed by atoms with Gasteiger partial charge in [0.25, 0.3) is 5.56 Å². The van der Waals surface area contributed by atoms with Crippen LogP contribution >= 0.6 is 0 Å². The first kappa shape index (κ1) is 17.7. The fraction of sp³-hybridized carbons (Fsp3) is 0.143. The Hall–Kier alpha value is -3.74. The van der Waals surface area contributed by atoms with Crippen molar-refractivity contribution >= 4 is 16.9 Å². The Labute approximate surface area is 160 Å². The van der Waals surface area contributed by atoms with E-state index >= 15 is 0 Å². The summed E-state index contributed by atoms with van der Waals surface area (Å²) in [6.45, 7) is 3.47. The molecule has 2 heterocycles. The molecule has 0 aliphatic heterocycles. The van der Waals surface area contributed by atoms with Gasteiger partial charge in [-0.2, -0.15) is 4.98 Å². The van der Waals surface area contributed by atoms with Gasteiger partial charge in [-0.05, 0) is 35.9 Å². The molecular weight excluding hydrogens is 358 g/mol. The van der Waals surface area contributed by atoms with Crippen molar-refractivity contribution in [2.24, 2.45) is 0 Å². The zero-order valence-electron chi connectivity index (χ0n) is 15.4. The zero-order valence-corrected chi connectivity index (χ0v) is 15.4. The van der Waals surface area contributed by atoms with Gasteiger partial charge >= 0.3 is 5.97 Å². The molecule has 0 aliphatic rings. The highest BCUT2D eigenvalue weighted by atomic mass is 16.5. The first-order chi connectivity index (χ1) is 13.5. The highest BCUT2D eigenvalue weighted by molar-refractivity contribution is 5.82. The Morgan fingerprint density at radius 3 is 2.75 bits per heavy atom. The summed E-state index contributed by atoms with van der Waals surface area (Å²) in [6, 6.07) is 16.1. The maximum absolute atomic E-state index is 12.5. The molecule has 0 unspecified atom stereocenters. The van der Waals surface area contributed by atoms with Crippen molar-refractivity contribution in [2.75, 3.05) is 0 Å². The van der Waals surface area contributed by atoms with Crippen LogP contribution in [0.15, 0.2) is 63.9 Å². The second-order valence-electron chi connectivity index (χ2n) is 6.41. The topological polar surface area (TPSA) is 87.2 Å². The highest BCUT2D eigenvalue weighted by Gasteiger charge is 2.09. The molecule has 7 heteroatoms. The molecule has 0 amide bonds. The van der Waals surface area contributed by atoms with Crippen molar-refractivity contribution in [3.8, 4) is 17.1 Å². The first-order valence-electron chi connectivity index (χ1n) is 8.71. The molecule has 0 bridgehead atoms. The van der Waals surface area contributed by atoms with E-state index in [9.17, 15) is 9.59 Å². The van der Waals surface area contributed by atoms with Crippen LogP contribution in [0, 0.1) is 6.92 Å². The van der Waals surface area contributed by atoms with E-state index in [1.807, 2.05) is 24.3 Å². The minimum Gasteiger partial charge on any atom is -0.427 e. The zero-order chi connectivity index (χ0) is 19.7. The number of aromatic nitrogens is 3. The summed E-state index contributed by atoms with van der Waals surface area (Å²) in [5.74, 6) is 1.06. The number of ether oxygens (including phenoxy) is 1. The number of hydrogen-bond acceptors (Lipinski definition) is 6. The Balaban J connectivity index is 1.72. The number of benzene rings is 2. The van der Waals surface area contributed by atoms with Gasteiger partial charge in [-0.15, -0.1) is 0 Å². The van der Waals surface area contributed by atoms with E-state index in [1.165, 1.54) is 13.0 Å². The molecule has 2 aromatic heterocycles. The van der Waals surface area contributed by atoms with E-state index in [0.29, 0.717) is 24.0 Å². The van der Waals surface area contributed by atoms with Crippen LogP contribution in [0.2, 0.25) is 0 Å². The molecule has 2 aromatic carbocycles. The third-order valence-electron chi connectivity index (χ3n) is 4.28. The SMILES string of the molecule is CC(=O)Oc1ccc2c(ccc(=O)n2Cc2cccc(-c3noc(C)n3)c2)c1. The van der Waals surface area contributed by atoms with E-state index < -0.39 is 0 Å². The molecule has 0 aliphatic carbocycles. The summed E-state index contributed by atoms with van der Waals surface area (Å²) in [7, 11) is 0. The van der Waals surface area contributed by atoms with Gasteiger partial charge in [0, 0.05) is 30.9 Å². The molecule has 0 radical (unpaired) electrons. The molecule has 7 nitrogen and oxygen atoms in total. The minimum atomic E-state index is -0.388. The Bertz CT molecular complexity index is 1240. The predicted octanol–water partition coefficient (Wildman–Crippen LogP) is 3.33. The van der Waals surface area contributed by atoms with Crippen molar-refractivity contribution in [3.63, 3.8) is 0 Å². The Morgan fingerprint density at radius 2 is 2.00 bits per heavy atom. The van der Waals surface area contributed by atoms with Gasteiger partial charge in [0.15, 0.2) is 0 Å². The number of carbonyl (C=O) groups is 1. The number of aryl methyl sites for hydroxylation is 1. The molecule has 4 rings (SSSR count). The second kappa shape index (κ2) is 7.11. The van der Waals surface area contributed by atoms with E-state index in [-0.39, 0.29) is 11.5 Å². The first-order valence-corrected chi connectivity index (χ1v) is 8.71. The van der Waals surface area contributed by atoms with Crippen molar-refractivity contribution in [3.05, 3.63) is 76.4 Å². The number of rotatable bonds is 4. The maximum Gasteiger partial charge on any atom is 0.308 e. The van der Waals surface area contributed by atoms with Gasteiger partial charge < -0.3 is 13.8 Å². The van der Waals surface area contributed by atoms with Crippen molar-refractivity contribution in [2.45, 2.75) is 20.4 Å². The summed E-state index contributed by atoms with van der Waals surface area (Å²) in [5.41, 5.74) is 2.39. The van der Waals surface area contributed by atoms with Crippen molar-refractivity contribution < 1.29 is 14.1 Å². The van der Waals surface area contributed by atoms with Crippen LogP contribution in [0.1, 0.15) is 18.4 Å². The summed E-state index contributed by atoms with van der Waals surface area (Å²) < 4.78 is 11.8. The quantitative estimate of drug-likeness (QED) is 0.402. The molecule has 0 spiro atoms. The Morgan fingerprint density at radius 1 is 1.14 bits per heavy atom. The average Bonchev–Trinajstić information content (AvgIpc) is 3.10. The van der Waals surface area contributed by atoms with Crippen LogP contribution in [-0.2, 0) is 11.3 Å². The predicted molar refractivity (Wildman–Crippen MR) is 103 cm³/mol. The van der Waals surface area contributed by atoms with Crippen LogP contribution in [-0.4, -0.2) is 20.7 Å². The lowest BCUT2D eigenvalue weighted by Gasteiger charge is -2.12. The molecule has 0 fully saturated rings. The van der Waals surface area contributed by atoms with Gasteiger partial charge in [-0.25, -0.2) is 0 Å². The summed E-state index contributed by atoms with van der Waals surface area (Å²) in [6.07, 6.45) is 0. The molecule has 0 N–H and O–H groups in total. The van der Waals surface area contributed by atoms with Gasteiger partial charge in [0.05, 0.1) is 12.1 Å². The Kier molecular flexibility index (Phi) is 4.49. The molecule has 4 aromatic rings. The van der Waals surface area contributed by atoms with Crippen LogP contribution in [0.3, 0.4) is 0 Å².